The number of rotatable bonds is 4. The molecule has 3 atom stereocenters. The summed E-state index contributed by atoms with van der Waals surface area (Å²) in [5.74, 6) is -0.359. The van der Waals surface area contributed by atoms with Crippen LogP contribution in [0.3, 0.4) is 0 Å². The summed E-state index contributed by atoms with van der Waals surface area (Å²) in [6.45, 7) is 5.60. The van der Waals surface area contributed by atoms with Crippen LogP contribution in [0.5, 0.6) is 0 Å². The van der Waals surface area contributed by atoms with Crippen molar-refractivity contribution in [3.63, 3.8) is 0 Å². The summed E-state index contributed by atoms with van der Waals surface area (Å²) in [7, 11) is 0. The maximum Gasteiger partial charge on any atom is 0.237 e. The average molecular weight is 277 g/mol. The number of hydrogen-bond acceptors (Lipinski definition) is 4. The standard InChI is InChI=1S/C15H23N3O2/c1-10-3-5-12(6-4-10)14(11(2)16)18-7-8-20-9-13(18)15(17)19/h3-6,11,13-14H,7-9,16H2,1-2H3,(H2,17,19). The Morgan fingerprint density at radius 2 is 2.05 bits per heavy atom. The normalized spacial score (nSPS) is 23.2. The number of nitrogens with zero attached hydrogens (tertiary/aromatic N) is 1. The molecule has 1 fully saturated rings. The smallest absolute Gasteiger partial charge is 0.237 e. The maximum atomic E-state index is 11.6. The Morgan fingerprint density at radius 3 is 2.60 bits per heavy atom. The molecule has 5 nitrogen and oxygen atoms in total. The number of carbonyl (C=O) groups excluding carboxylic acids is 1. The fourth-order valence-electron chi connectivity index (χ4n) is 2.76. The van der Waals surface area contributed by atoms with Gasteiger partial charge in [0, 0.05) is 12.6 Å². The number of morpholine rings is 1. The number of ether oxygens (including phenoxy) is 1. The van der Waals surface area contributed by atoms with Gasteiger partial charge in [0.2, 0.25) is 5.91 Å². The molecule has 0 aromatic heterocycles. The van der Waals surface area contributed by atoms with Crippen molar-refractivity contribution in [2.45, 2.75) is 32.0 Å². The highest BCUT2D eigenvalue weighted by atomic mass is 16.5. The van der Waals surface area contributed by atoms with Crippen LogP contribution in [0.15, 0.2) is 24.3 Å². The van der Waals surface area contributed by atoms with Crippen molar-refractivity contribution in [2.75, 3.05) is 19.8 Å². The van der Waals surface area contributed by atoms with Gasteiger partial charge >= 0.3 is 0 Å². The second-order valence-corrected chi connectivity index (χ2v) is 5.45. The second-order valence-electron chi connectivity index (χ2n) is 5.45. The third kappa shape index (κ3) is 3.17. The third-order valence-corrected chi connectivity index (χ3v) is 3.77. The van der Waals surface area contributed by atoms with E-state index < -0.39 is 6.04 Å². The van der Waals surface area contributed by atoms with Crippen LogP contribution in [-0.2, 0) is 9.53 Å². The van der Waals surface area contributed by atoms with E-state index in [1.165, 1.54) is 5.56 Å². The summed E-state index contributed by atoms with van der Waals surface area (Å²) in [6.07, 6.45) is 0. The van der Waals surface area contributed by atoms with Crippen LogP contribution in [0.4, 0.5) is 0 Å². The number of amides is 1. The highest BCUT2D eigenvalue weighted by molar-refractivity contribution is 5.80. The molecular formula is C15H23N3O2. The van der Waals surface area contributed by atoms with Gasteiger partial charge in [-0.3, -0.25) is 9.69 Å². The molecule has 0 aliphatic carbocycles. The van der Waals surface area contributed by atoms with Gasteiger partial charge in [-0.25, -0.2) is 0 Å². The number of primary amides is 1. The van der Waals surface area contributed by atoms with Crippen LogP contribution < -0.4 is 11.5 Å². The lowest BCUT2D eigenvalue weighted by Crippen LogP contribution is -2.56. The molecule has 110 valence electrons. The van der Waals surface area contributed by atoms with Gasteiger partial charge < -0.3 is 16.2 Å². The number of aryl methyl sites for hydroxylation is 1. The van der Waals surface area contributed by atoms with Gasteiger partial charge in [-0.05, 0) is 19.4 Å². The van der Waals surface area contributed by atoms with Crippen LogP contribution in [0.25, 0.3) is 0 Å². The molecule has 1 aromatic carbocycles. The second kappa shape index (κ2) is 6.35. The number of benzene rings is 1. The Hall–Kier alpha value is -1.43. The minimum absolute atomic E-state index is 0.0306. The molecule has 2 rings (SSSR count). The molecule has 1 heterocycles. The van der Waals surface area contributed by atoms with Gasteiger partial charge in [-0.15, -0.1) is 0 Å². The van der Waals surface area contributed by atoms with E-state index in [0.717, 1.165) is 5.56 Å². The predicted octanol–water partition coefficient (Wildman–Crippen LogP) is 0.569. The van der Waals surface area contributed by atoms with E-state index in [0.29, 0.717) is 19.8 Å². The molecule has 1 aliphatic heterocycles. The Bertz CT molecular complexity index is 459. The average Bonchev–Trinajstić information content (AvgIpc) is 2.41. The molecule has 0 bridgehead atoms. The van der Waals surface area contributed by atoms with Crippen molar-refractivity contribution in [3.8, 4) is 0 Å². The third-order valence-electron chi connectivity index (χ3n) is 3.77. The summed E-state index contributed by atoms with van der Waals surface area (Å²) in [6, 6.07) is 7.71. The molecule has 1 aliphatic rings. The van der Waals surface area contributed by atoms with Gasteiger partial charge in [0.15, 0.2) is 0 Å². The molecule has 0 spiro atoms. The number of hydrogen-bond donors (Lipinski definition) is 2. The minimum atomic E-state index is -0.416. The van der Waals surface area contributed by atoms with E-state index in [1.54, 1.807) is 0 Å². The summed E-state index contributed by atoms with van der Waals surface area (Å²) < 4.78 is 5.38. The minimum Gasteiger partial charge on any atom is -0.378 e. The molecular weight excluding hydrogens is 254 g/mol. The molecule has 3 unspecified atom stereocenters. The van der Waals surface area contributed by atoms with Crippen molar-refractivity contribution in [3.05, 3.63) is 35.4 Å². The lowest BCUT2D eigenvalue weighted by atomic mass is 9.96. The van der Waals surface area contributed by atoms with E-state index in [2.05, 4.69) is 29.2 Å². The zero-order valence-corrected chi connectivity index (χ0v) is 12.1. The molecule has 1 amide bonds. The van der Waals surface area contributed by atoms with Crippen molar-refractivity contribution < 1.29 is 9.53 Å². The first kappa shape index (κ1) is 15.0. The molecule has 5 heteroatoms. The summed E-state index contributed by atoms with van der Waals surface area (Å²) in [4.78, 5) is 13.7. The zero-order chi connectivity index (χ0) is 14.7. The SMILES string of the molecule is Cc1ccc(C(C(C)N)N2CCOCC2C(N)=O)cc1. The van der Waals surface area contributed by atoms with E-state index >= 15 is 0 Å². The number of nitrogens with two attached hydrogens (primary N) is 2. The summed E-state index contributed by atoms with van der Waals surface area (Å²) >= 11 is 0. The Kier molecular flexibility index (Phi) is 4.75. The van der Waals surface area contributed by atoms with Gasteiger partial charge in [0.05, 0.1) is 19.3 Å². The van der Waals surface area contributed by atoms with Crippen molar-refractivity contribution in [2.24, 2.45) is 11.5 Å². The Balaban J connectivity index is 2.31. The Morgan fingerprint density at radius 1 is 1.40 bits per heavy atom. The molecule has 4 N–H and O–H groups in total. The van der Waals surface area contributed by atoms with Crippen LogP contribution >= 0.6 is 0 Å². The fourth-order valence-corrected chi connectivity index (χ4v) is 2.76. The van der Waals surface area contributed by atoms with Crippen molar-refractivity contribution in [1.29, 1.82) is 0 Å². The van der Waals surface area contributed by atoms with Gasteiger partial charge in [0.1, 0.15) is 6.04 Å². The lowest BCUT2D eigenvalue weighted by Gasteiger charge is -2.41. The predicted molar refractivity (Wildman–Crippen MR) is 78.1 cm³/mol. The summed E-state index contributed by atoms with van der Waals surface area (Å²) in [5.41, 5.74) is 14.0. The topological polar surface area (TPSA) is 81.6 Å². The molecule has 1 aromatic rings. The molecule has 0 saturated carbocycles. The molecule has 20 heavy (non-hydrogen) atoms. The number of carbonyl (C=O) groups is 1. The van der Waals surface area contributed by atoms with E-state index in [1.807, 2.05) is 13.8 Å². The monoisotopic (exact) mass is 277 g/mol. The first-order chi connectivity index (χ1) is 9.50. The maximum absolute atomic E-state index is 11.6. The van der Waals surface area contributed by atoms with Crippen molar-refractivity contribution >= 4 is 5.91 Å². The largest absolute Gasteiger partial charge is 0.378 e. The van der Waals surface area contributed by atoms with E-state index in [-0.39, 0.29) is 18.0 Å². The summed E-state index contributed by atoms with van der Waals surface area (Å²) in [5, 5.41) is 0. The highest BCUT2D eigenvalue weighted by Crippen LogP contribution is 2.27. The van der Waals surface area contributed by atoms with E-state index in [4.69, 9.17) is 16.2 Å². The Labute approximate surface area is 119 Å². The first-order valence-electron chi connectivity index (χ1n) is 6.95. The van der Waals surface area contributed by atoms with Gasteiger partial charge in [-0.2, -0.15) is 0 Å². The zero-order valence-electron chi connectivity index (χ0n) is 12.1. The van der Waals surface area contributed by atoms with Gasteiger partial charge in [-0.1, -0.05) is 29.8 Å². The van der Waals surface area contributed by atoms with Crippen LogP contribution in [0.1, 0.15) is 24.1 Å². The van der Waals surface area contributed by atoms with Gasteiger partial charge in [0.25, 0.3) is 0 Å². The lowest BCUT2D eigenvalue weighted by molar-refractivity contribution is -0.131. The molecule has 0 radical (unpaired) electrons. The van der Waals surface area contributed by atoms with Crippen LogP contribution in [0, 0.1) is 6.92 Å². The first-order valence-corrected chi connectivity index (χ1v) is 6.95. The van der Waals surface area contributed by atoms with E-state index in [9.17, 15) is 4.79 Å². The quantitative estimate of drug-likeness (QED) is 0.843. The van der Waals surface area contributed by atoms with Crippen molar-refractivity contribution in [1.82, 2.24) is 4.90 Å². The van der Waals surface area contributed by atoms with Crippen LogP contribution in [0.2, 0.25) is 0 Å². The molecule has 1 saturated heterocycles. The fraction of sp³-hybridized carbons (Fsp3) is 0.533. The van der Waals surface area contributed by atoms with Crippen LogP contribution in [-0.4, -0.2) is 42.6 Å². The highest BCUT2D eigenvalue weighted by Gasteiger charge is 2.35.